The lowest BCUT2D eigenvalue weighted by molar-refractivity contribution is -0.137. The number of hydrogen-bond donors (Lipinski definition) is 2. The molecule has 0 fully saturated rings. The number of benzene rings is 1. The van der Waals surface area contributed by atoms with Crippen LogP contribution < -0.4 is 11.5 Å². The van der Waals surface area contributed by atoms with Crippen LogP contribution in [0.2, 0.25) is 0 Å². The third-order valence-corrected chi connectivity index (χ3v) is 6.78. The highest BCUT2D eigenvalue weighted by atomic mass is 32.2. The Morgan fingerprint density at radius 2 is 1.87 bits per heavy atom. The Balaban J connectivity index is 0.000000185. The molecule has 7 nitrogen and oxygen atoms in total. The summed E-state index contributed by atoms with van der Waals surface area (Å²) in [6, 6.07) is 4.30. The van der Waals surface area contributed by atoms with E-state index in [2.05, 4.69) is 9.98 Å². The van der Waals surface area contributed by atoms with Crippen LogP contribution in [0.5, 0.6) is 0 Å². The number of nitrogens with two attached hydrogens (primary N) is 2. The summed E-state index contributed by atoms with van der Waals surface area (Å²) >= 11 is 0. The van der Waals surface area contributed by atoms with E-state index in [4.69, 9.17) is 11.5 Å². The number of guanidine groups is 1. The summed E-state index contributed by atoms with van der Waals surface area (Å²) in [6.07, 6.45) is -0.877. The van der Waals surface area contributed by atoms with Gasteiger partial charge in [-0.3, -0.25) is 4.98 Å². The fourth-order valence-corrected chi connectivity index (χ4v) is 4.50. The van der Waals surface area contributed by atoms with Gasteiger partial charge in [0.2, 0.25) is 16.0 Å². The van der Waals surface area contributed by atoms with Crippen LogP contribution in [0.4, 0.5) is 23.2 Å². The smallest absolute Gasteiger partial charge is 0.399 e. The molecule has 2 aromatic rings. The molecule has 0 spiro atoms. The van der Waals surface area contributed by atoms with Crippen LogP contribution in [-0.4, -0.2) is 36.5 Å². The number of pyridine rings is 1. The number of nitrogen functional groups attached to an aromatic ring is 1. The van der Waals surface area contributed by atoms with E-state index in [0.717, 1.165) is 41.0 Å². The van der Waals surface area contributed by atoms with Crippen molar-refractivity contribution in [3.8, 4) is 0 Å². The summed E-state index contributed by atoms with van der Waals surface area (Å²) in [6.45, 7) is 0. The third-order valence-electron chi connectivity index (χ3n) is 5.02. The highest BCUT2D eigenvalue weighted by Crippen LogP contribution is 2.31. The lowest BCUT2D eigenvalue weighted by Gasteiger charge is -2.27. The normalized spacial score (nSPS) is 19.8. The van der Waals surface area contributed by atoms with Gasteiger partial charge in [-0.05, 0) is 49.1 Å². The van der Waals surface area contributed by atoms with Crippen LogP contribution in [0.25, 0.3) is 0 Å². The standard InChI is InChI=1S/C10H13FN4O2S.C9H8F3N/c1-15-10(13)14-9(5-18(15,16)17)7-4-6(12)2-3-8(7)11;10-9(11,12)7-4-6-2-1-3-8(6)13-5-7/h2-4,9H,5,12H2,1H3,(H2,13,14);4-5H,1-3H2. The maximum absolute atomic E-state index is 13.7. The Morgan fingerprint density at radius 3 is 2.52 bits per heavy atom. The molecule has 168 valence electrons. The first-order valence-corrected chi connectivity index (χ1v) is 10.9. The van der Waals surface area contributed by atoms with E-state index in [1.54, 1.807) is 0 Å². The van der Waals surface area contributed by atoms with E-state index >= 15 is 0 Å². The van der Waals surface area contributed by atoms with Crippen LogP contribution >= 0.6 is 0 Å². The Labute approximate surface area is 176 Å². The molecule has 4 rings (SSSR count). The molecule has 1 aromatic carbocycles. The number of anilines is 1. The van der Waals surface area contributed by atoms with E-state index in [0.29, 0.717) is 5.69 Å². The predicted octanol–water partition coefficient (Wildman–Crippen LogP) is 2.63. The number of aryl methyl sites for hydroxylation is 2. The zero-order valence-corrected chi connectivity index (χ0v) is 17.3. The Hall–Kier alpha value is -2.89. The molecule has 2 aliphatic rings. The third kappa shape index (κ3) is 5.06. The van der Waals surface area contributed by atoms with Crippen molar-refractivity contribution >= 4 is 21.7 Å². The zero-order valence-electron chi connectivity index (χ0n) is 16.5. The molecule has 12 heteroatoms. The van der Waals surface area contributed by atoms with Gasteiger partial charge in [-0.25, -0.2) is 22.1 Å². The van der Waals surface area contributed by atoms with E-state index in [1.165, 1.54) is 31.3 Å². The minimum atomic E-state index is -4.26. The van der Waals surface area contributed by atoms with Crippen LogP contribution in [-0.2, 0) is 29.0 Å². The van der Waals surface area contributed by atoms with E-state index in [1.807, 2.05) is 0 Å². The summed E-state index contributed by atoms with van der Waals surface area (Å²) in [5, 5.41) is 0. The van der Waals surface area contributed by atoms with E-state index < -0.39 is 33.6 Å². The van der Waals surface area contributed by atoms with Crippen molar-refractivity contribution in [3.05, 3.63) is 58.7 Å². The molecule has 1 aliphatic heterocycles. The van der Waals surface area contributed by atoms with Crippen molar-refractivity contribution in [2.24, 2.45) is 10.7 Å². The molecule has 0 saturated heterocycles. The van der Waals surface area contributed by atoms with Crippen molar-refractivity contribution in [2.75, 3.05) is 18.5 Å². The van der Waals surface area contributed by atoms with Gasteiger partial charge in [0.25, 0.3) is 0 Å². The molecule has 0 bridgehead atoms. The first-order valence-electron chi connectivity index (χ1n) is 9.28. The van der Waals surface area contributed by atoms with Gasteiger partial charge >= 0.3 is 6.18 Å². The molecule has 0 amide bonds. The molecule has 31 heavy (non-hydrogen) atoms. The molecular weight excluding hydrogens is 438 g/mol. The van der Waals surface area contributed by atoms with Gasteiger partial charge < -0.3 is 11.5 Å². The minimum Gasteiger partial charge on any atom is -0.399 e. The lowest BCUT2D eigenvalue weighted by atomic mass is 10.1. The number of fused-ring (bicyclic) bond motifs is 1. The molecule has 1 atom stereocenters. The summed E-state index contributed by atoms with van der Waals surface area (Å²) in [4.78, 5) is 7.78. The number of alkyl halides is 3. The summed E-state index contributed by atoms with van der Waals surface area (Å²) in [7, 11) is -2.26. The van der Waals surface area contributed by atoms with Gasteiger partial charge in [0, 0.05) is 30.2 Å². The zero-order chi connectivity index (χ0) is 23.0. The van der Waals surface area contributed by atoms with Crippen molar-refractivity contribution in [3.63, 3.8) is 0 Å². The average Bonchev–Trinajstić information content (AvgIpc) is 3.15. The van der Waals surface area contributed by atoms with Crippen molar-refractivity contribution in [1.29, 1.82) is 0 Å². The van der Waals surface area contributed by atoms with Crippen molar-refractivity contribution in [2.45, 2.75) is 31.5 Å². The number of hydrogen-bond acceptors (Lipinski definition) is 6. The number of nitrogens with zero attached hydrogens (tertiary/aromatic N) is 3. The number of sulfonamides is 1. The molecule has 1 aliphatic carbocycles. The molecule has 1 aromatic heterocycles. The summed E-state index contributed by atoms with van der Waals surface area (Å²) < 4.78 is 74.8. The molecule has 2 heterocycles. The maximum Gasteiger partial charge on any atom is 0.417 e. The number of rotatable bonds is 1. The largest absolute Gasteiger partial charge is 0.417 e. The fraction of sp³-hybridized carbons (Fsp3) is 0.368. The summed E-state index contributed by atoms with van der Waals surface area (Å²) in [5.41, 5.74) is 12.5. The van der Waals surface area contributed by atoms with E-state index in [9.17, 15) is 26.0 Å². The van der Waals surface area contributed by atoms with E-state index in [-0.39, 0.29) is 17.3 Å². The number of aromatic nitrogens is 1. The van der Waals surface area contributed by atoms with Gasteiger partial charge in [0.05, 0.1) is 17.4 Å². The van der Waals surface area contributed by atoms with Crippen molar-refractivity contribution in [1.82, 2.24) is 9.29 Å². The van der Waals surface area contributed by atoms with Crippen LogP contribution in [0.1, 0.15) is 34.8 Å². The van der Waals surface area contributed by atoms with Gasteiger partial charge in [0.1, 0.15) is 5.82 Å². The van der Waals surface area contributed by atoms with Gasteiger partial charge in [0.15, 0.2) is 0 Å². The Bertz CT molecular complexity index is 1120. The monoisotopic (exact) mass is 459 g/mol. The Kier molecular flexibility index (Phi) is 6.12. The lowest BCUT2D eigenvalue weighted by Crippen LogP contribution is -2.45. The molecule has 0 saturated carbocycles. The highest BCUT2D eigenvalue weighted by Gasteiger charge is 2.33. The fourth-order valence-electron chi connectivity index (χ4n) is 3.29. The first kappa shape index (κ1) is 22.8. The Morgan fingerprint density at radius 1 is 1.16 bits per heavy atom. The van der Waals surface area contributed by atoms with Gasteiger partial charge in [-0.1, -0.05) is 0 Å². The number of aliphatic imine (C=N–C) groups is 1. The SMILES string of the molecule is CN1C(N)=NC(c2cc(N)ccc2F)CS1(=O)=O.FC(F)(F)c1cnc2c(c1)CCC2. The molecular formula is C19H21F4N5O2S. The first-order chi connectivity index (χ1) is 14.4. The quantitative estimate of drug-likeness (QED) is 0.503. The average molecular weight is 459 g/mol. The highest BCUT2D eigenvalue weighted by molar-refractivity contribution is 7.89. The maximum atomic E-state index is 13.7. The minimum absolute atomic E-state index is 0.134. The molecule has 1 unspecified atom stereocenters. The van der Waals surface area contributed by atoms with Crippen LogP contribution in [0.15, 0.2) is 35.5 Å². The second-order valence-corrected chi connectivity index (χ2v) is 9.26. The molecule has 4 N–H and O–H groups in total. The second kappa shape index (κ2) is 8.33. The van der Waals surface area contributed by atoms with Gasteiger partial charge in [-0.15, -0.1) is 0 Å². The van der Waals surface area contributed by atoms with Gasteiger partial charge in [-0.2, -0.15) is 13.2 Å². The van der Waals surface area contributed by atoms with Crippen molar-refractivity contribution < 1.29 is 26.0 Å². The van der Waals surface area contributed by atoms with Crippen LogP contribution in [0, 0.1) is 5.82 Å². The summed E-state index contributed by atoms with van der Waals surface area (Å²) in [5.74, 6) is -1.04. The predicted molar refractivity (Wildman–Crippen MR) is 108 cm³/mol. The number of halogens is 4. The molecule has 0 radical (unpaired) electrons. The van der Waals surface area contributed by atoms with Crippen LogP contribution in [0.3, 0.4) is 0 Å². The second-order valence-electron chi connectivity index (χ2n) is 7.21. The topological polar surface area (TPSA) is 115 Å².